The van der Waals surface area contributed by atoms with Gasteiger partial charge in [-0.15, -0.1) is 0 Å². The highest BCUT2D eigenvalue weighted by atomic mass is 16.6. The van der Waals surface area contributed by atoms with Gasteiger partial charge in [-0.05, 0) is 41.0 Å². The lowest BCUT2D eigenvalue weighted by molar-refractivity contribution is 0.148. The molecule has 3 aromatic rings. The van der Waals surface area contributed by atoms with Crippen LogP contribution in [0, 0.1) is 5.41 Å². The Kier molecular flexibility index (Phi) is 9.96. The van der Waals surface area contributed by atoms with Gasteiger partial charge in [-0.2, -0.15) is 0 Å². The maximum absolute atomic E-state index is 13.4. The van der Waals surface area contributed by atoms with Gasteiger partial charge in [-0.3, -0.25) is 0 Å². The average Bonchev–Trinajstić information content (AvgIpc) is 2.84. The van der Waals surface area contributed by atoms with E-state index in [0.717, 1.165) is 36.0 Å². The standard InChI is InChI=1S/C32H41NO2/c1-5-6-7-8-14-23-33(25-27-21-19-26(20-22-27)24-32(2,3)4)31(34)35-30-18-13-12-17-29(30)28-15-10-9-11-16-28/h9-13,15-22H,5-8,14,23-25H2,1-4H3. The van der Waals surface area contributed by atoms with Crippen LogP contribution in [0.2, 0.25) is 0 Å². The number of para-hydroxylation sites is 1. The van der Waals surface area contributed by atoms with Crippen LogP contribution in [0.4, 0.5) is 4.79 Å². The Morgan fingerprint density at radius 2 is 1.40 bits per heavy atom. The number of amides is 1. The number of carbonyl (C=O) groups is 1. The van der Waals surface area contributed by atoms with Gasteiger partial charge in [0.05, 0.1) is 0 Å². The second kappa shape index (κ2) is 13.1. The molecule has 35 heavy (non-hydrogen) atoms. The maximum Gasteiger partial charge on any atom is 0.415 e. The van der Waals surface area contributed by atoms with Crippen LogP contribution in [0.15, 0.2) is 78.9 Å². The van der Waals surface area contributed by atoms with Gasteiger partial charge in [-0.1, -0.05) is 126 Å². The minimum absolute atomic E-state index is 0.252. The number of carbonyl (C=O) groups excluding carboxylic acids is 1. The molecule has 0 aliphatic heterocycles. The Morgan fingerprint density at radius 3 is 2.09 bits per heavy atom. The van der Waals surface area contributed by atoms with E-state index in [2.05, 4.69) is 52.0 Å². The summed E-state index contributed by atoms with van der Waals surface area (Å²) >= 11 is 0. The third-order valence-corrected chi connectivity index (χ3v) is 6.09. The third kappa shape index (κ3) is 8.90. The summed E-state index contributed by atoms with van der Waals surface area (Å²) in [5.74, 6) is 0.597. The van der Waals surface area contributed by atoms with Gasteiger partial charge >= 0.3 is 6.09 Å². The quantitative estimate of drug-likeness (QED) is 0.261. The first-order valence-corrected chi connectivity index (χ1v) is 13.0. The second-order valence-electron chi connectivity index (χ2n) is 10.6. The van der Waals surface area contributed by atoms with Crippen molar-refractivity contribution in [3.63, 3.8) is 0 Å². The van der Waals surface area contributed by atoms with Crippen LogP contribution in [0.3, 0.4) is 0 Å². The van der Waals surface area contributed by atoms with Crippen molar-refractivity contribution in [2.24, 2.45) is 5.41 Å². The molecule has 3 rings (SSSR count). The van der Waals surface area contributed by atoms with E-state index in [1.54, 1.807) is 0 Å². The fourth-order valence-electron chi connectivity index (χ4n) is 4.31. The number of unbranched alkanes of at least 4 members (excludes halogenated alkanes) is 4. The molecule has 0 bridgehead atoms. The Morgan fingerprint density at radius 1 is 0.771 bits per heavy atom. The smallest absolute Gasteiger partial charge is 0.410 e. The minimum Gasteiger partial charge on any atom is -0.410 e. The lowest BCUT2D eigenvalue weighted by atomic mass is 9.88. The first-order chi connectivity index (χ1) is 16.9. The Hall–Kier alpha value is -3.07. The van der Waals surface area contributed by atoms with E-state index < -0.39 is 0 Å². The van der Waals surface area contributed by atoms with Gasteiger partial charge in [0.1, 0.15) is 5.75 Å². The monoisotopic (exact) mass is 471 g/mol. The average molecular weight is 472 g/mol. The normalized spacial score (nSPS) is 11.3. The molecule has 0 spiro atoms. The Balaban J connectivity index is 1.73. The Labute approximate surface area is 212 Å². The van der Waals surface area contributed by atoms with E-state index in [9.17, 15) is 4.79 Å². The molecule has 0 saturated heterocycles. The molecule has 3 nitrogen and oxygen atoms in total. The van der Waals surface area contributed by atoms with Crippen molar-refractivity contribution in [1.29, 1.82) is 0 Å². The summed E-state index contributed by atoms with van der Waals surface area (Å²) in [6.45, 7) is 10.2. The molecular formula is C32H41NO2. The molecule has 0 aliphatic rings. The minimum atomic E-state index is -0.289. The van der Waals surface area contributed by atoms with Gasteiger partial charge in [0, 0.05) is 18.7 Å². The molecule has 0 aromatic heterocycles. The van der Waals surface area contributed by atoms with Crippen molar-refractivity contribution in [3.05, 3.63) is 90.0 Å². The largest absolute Gasteiger partial charge is 0.415 e. The van der Waals surface area contributed by atoms with Gasteiger partial charge in [0.15, 0.2) is 0 Å². The summed E-state index contributed by atoms with van der Waals surface area (Å²) < 4.78 is 5.99. The molecule has 0 aliphatic carbocycles. The van der Waals surface area contributed by atoms with Crippen molar-refractivity contribution in [2.45, 2.75) is 72.8 Å². The van der Waals surface area contributed by atoms with E-state index in [1.807, 2.05) is 59.5 Å². The predicted molar refractivity (Wildman–Crippen MR) is 147 cm³/mol. The molecule has 3 heteroatoms. The van der Waals surface area contributed by atoms with E-state index in [-0.39, 0.29) is 11.5 Å². The second-order valence-corrected chi connectivity index (χ2v) is 10.6. The molecule has 0 N–H and O–H groups in total. The molecular weight excluding hydrogens is 430 g/mol. The molecule has 186 valence electrons. The first-order valence-electron chi connectivity index (χ1n) is 13.0. The topological polar surface area (TPSA) is 29.5 Å². The van der Waals surface area contributed by atoms with Crippen LogP contribution >= 0.6 is 0 Å². The highest BCUT2D eigenvalue weighted by Crippen LogP contribution is 2.30. The Bertz CT molecular complexity index is 1040. The van der Waals surface area contributed by atoms with Crippen LogP contribution in [-0.4, -0.2) is 17.5 Å². The van der Waals surface area contributed by atoms with Gasteiger partial charge in [0.2, 0.25) is 0 Å². The zero-order valence-electron chi connectivity index (χ0n) is 21.9. The maximum atomic E-state index is 13.4. The highest BCUT2D eigenvalue weighted by Gasteiger charge is 2.19. The van der Waals surface area contributed by atoms with Crippen molar-refractivity contribution in [3.8, 4) is 16.9 Å². The van der Waals surface area contributed by atoms with Crippen molar-refractivity contribution < 1.29 is 9.53 Å². The number of ether oxygens (including phenoxy) is 1. The summed E-state index contributed by atoms with van der Waals surface area (Å²) in [4.78, 5) is 15.2. The fraction of sp³-hybridized carbons (Fsp3) is 0.406. The number of rotatable bonds is 11. The van der Waals surface area contributed by atoms with Crippen molar-refractivity contribution >= 4 is 6.09 Å². The van der Waals surface area contributed by atoms with Crippen LogP contribution in [0.25, 0.3) is 11.1 Å². The van der Waals surface area contributed by atoms with Gasteiger partial charge < -0.3 is 9.64 Å². The SMILES string of the molecule is CCCCCCCN(Cc1ccc(CC(C)(C)C)cc1)C(=O)Oc1ccccc1-c1ccccc1. The van der Waals surface area contributed by atoms with E-state index in [4.69, 9.17) is 4.74 Å². The third-order valence-electron chi connectivity index (χ3n) is 6.09. The molecule has 0 radical (unpaired) electrons. The summed E-state index contributed by atoms with van der Waals surface area (Å²) in [5.41, 5.74) is 4.67. The van der Waals surface area contributed by atoms with E-state index in [1.165, 1.54) is 24.8 Å². The molecule has 3 aromatic carbocycles. The van der Waals surface area contributed by atoms with Crippen LogP contribution in [-0.2, 0) is 13.0 Å². The number of benzene rings is 3. The number of nitrogens with zero attached hydrogens (tertiary/aromatic N) is 1. The number of hydrogen-bond acceptors (Lipinski definition) is 2. The fourth-order valence-corrected chi connectivity index (χ4v) is 4.31. The molecule has 0 fully saturated rings. The molecule has 0 saturated carbocycles. The van der Waals surface area contributed by atoms with Crippen LogP contribution < -0.4 is 4.74 Å². The lowest BCUT2D eigenvalue weighted by Gasteiger charge is -2.23. The van der Waals surface area contributed by atoms with Crippen molar-refractivity contribution in [2.75, 3.05) is 6.54 Å². The first kappa shape index (κ1) is 26.5. The van der Waals surface area contributed by atoms with Crippen LogP contribution in [0.1, 0.15) is 70.9 Å². The summed E-state index contributed by atoms with van der Waals surface area (Å²) in [7, 11) is 0. The van der Waals surface area contributed by atoms with Gasteiger partial charge in [0.25, 0.3) is 0 Å². The molecule has 0 heterocycles. The zero-order valence-corrected chi connectivity index (χ0v) is 21.9. The number of hydrogen-bond donors (Lipinski definition) is 0. The van der Waals surface area contributed by atoms with E-state index in [0.29, 0.717) is 18.8 Å². The van der Waals surface area contributed by atoms with Crippen LogP contribution in [0.5, 0.6) is 5.75 Å². The summed E-state index contributed by atoms with van der Waals surface area (Å²) in [5, 5.41) is 0. The van der Waals surface area contributed by atoms with Gasteiger partial charge in [-0.25, -0.2) is 4.79 Å². The summed E-state index contributed by atoms with van der Waals surface area (Å²) in [6, 6.07) is 26.5. The van der Waals surface area contributed by atoms with Crippen molar-refractivity contribution in [1.82, 2.24) is 4.90 Å². The predicted octanol–water partition coefficient (Wildman–Crippen LogP) is 8.91. The van der Waals surface area contributed by atoms with E-state index >= 15 is 0 Å². The molecule has 1 amide bonds. The zero-order chi connectivity index (χ0) is 25.1. The summed E-state index contributed by atoms with van der Waals surface area (Å²) in [6.07, 6.45) is 6.51. The molecule has 0 unspecified atom stereocenters. The highest BCUT2D eigenvalue weighted by molar-refractivity contribution is 5.77. The lowest BCUT2D eigenvalue weighted by Crippen LogP contribution is -2.34. The molecule has 0 atom stereocenters.